The van der Waals surface area contributed by atoms with Crippen LogP contribution in [0.1, 0.15) is 29.1 Å². The molecule has 2 rings (SSSR count). The summed E-state index contributed by atoms with van der Waals surface area (Å²) in [6.07, 6.45) is 1.56. The minimum Gasteiger partial charge on any atom is -0.493 e. The van der Waals surface area contributed by atoms with E-state index in [1.807, 2.05) is 19.9 Å². The molecule has 0 unspecified atom stereocenters. The lowest BCUT2D eigenvalue weighted by Gasteiger charge is -2.14. The van der Waals surface area contributed by atoms with Gasteiger partial charge in [0.1, 0.15) is 0 Å². The minimum absolute atomic E-state index is 0.0193. The summed E-state index contributed by atoms with van der Waals surface area (Å²) in [5.74, 6) is 0.759. The van der Waals surface area contributed by atoms with E-state index in [4.69, 9.17) is 21.1 Å². The average molecular weight is 353 g/mol. The van der Waals surface area contributed by atoms with E-state index in [-0.39, 0.29) is 12.0 Å². The van der Waals surface area contributed by atoms with Gasteiger partial charge in [-0.1, -0.05) is 11.6 Å². The van der Waals surface area contributed by atoms with Crippen LogP contribution in [0.2, 0.25) is 4.34 Å². The third-order valence-corrected chi connectivity index (χ3v) is 3.91. The molecule has 1 heterocycles. The number of carbonyl (C=O) groups is 1. The third kappa shape index (κ3) is 4.97. The number of carbonyl (C=O) groups excluding carboxylic acids is 1. The van der Waals surface area contributed by atoms with Gasteiger partial charge in [0.25, 0.3) is 5.91 Å². The molecule has 1 amide bonds. The number of hydrazone groups is 1. The van der Waals surface area contributed by atoms with Crippen molar-refractivity contribution in [3.63, 3.8) is 0 Å². The summed E-state index contributed by atoms with van der Waals surface area (Å²) >= 11 is 7.20. The van der Waals surface area contributed by atoms with Gasteiger partial charge in [-0.25, -0.2) is 5.43 Å². The molecule has 0 radical (unpaired) electrons. The van der Waals surface area contributed by atoms with Crippen LogP contribution in [0.5, 0.6) is 11.5 Å². The molecule has 122 valence electrons. The van der Waals surface area contributed by atoms with Crippen molar-refractivity contribution in [2.45, 2.75) is 20.0 Å². The largest absolute Gasteiger partial charge is 0.493 e. The Labute approximate surface area is 143 Å². The number of amides is 1. The molecule has 0 atom stereocenters. The van der Waals surface area contributed by atoms with Crippen LogP contribution in [-0.4, -0.2) is 25.3 Å². The molecule has 1 aromatic heterocycles. The molecule has 7 heteroatoms. The fourth-order valence-electron chi connectivity index (χ4n) is 1.78. The Morgan fingerprint density at radius 3 is 2.70 bits per heavy atom. The molecule has 0 spiro atoms. The van der Waals surface area contributed by atoms with E-state index in [1.165, 1.54) is 18.4 Å². The molecule has 0 aliphatic carbocycles. The zero-order valence-electron chi connectivity index (χ0n) is 13.0. The van der Waals surface area contributed by atoms with Gasteiger partial charge in [-0.05, 0) is 44.2 Å². The zero-order valence-corrected chi connectivity index (χ0v) is 14.6. The molecule has 1 aromatic carbocycles. The second-order valence-corrected chi connectivity index (χ2v) is 6.62. The van der Waals surface area contributed by atoms with Gasteiger partial charge in [-0.3, -0.25) is 4.79 Å². The van der Waals surface area contributed by atoms with Crippen molar-refractivity contribution in [1.82, 2.24) is 5.43 Å². The van der Waals surface area contributed by atoms with Crippen LogP contribution in [0.15, 0.2) is 35.4 Å². The number of halogens is 1. The van der Waals surface area contributed by atoms with E-state index in [1.54, 1.807) is 30.5 Å². The van der Waals surface area contributed by atoms with Crippen LogP contribution < -0.4 is 14.9 Å². The number of nitrogens with zero attached hydrogens (tertiary/aromatic N) is 1. The monoisotopic (exact) mass is 352 g/mol. The number of hydrogen-bond acceptors (Lipinski definition) is 5. The summed E-state index contributed by atoms with van der Waals surface area (Å²) in [5, 5.41) is 3.91. The number of thiophene rings is 1. The van der Waals surface area contributed by atoms with E-state index in [0.717, 1.165) is 4.88 Å². The van der Waals surface area contributed by atoms with Crippen LogP contribution in [0.3, 0.4) is 0 Å². The highest BCUT2D eigenvalue weighted by Crippen LogP contribution is 2.29. The van der Waals surface area contributed by atoms with Crippen LogP contribution in [0, 0.1) is 0 Å². The molecular formula is C16H17ClN2O3S. The van der Waals surface area contributed by atoms with Crippen molar-refractivity contribution in [2.75, 3.05) is 7.11 Å². The quantitative estimate of drug-likeness (QED) is 0.632. The highest BCUT2D eigenvalue weighted by Gasteiger charge is 2.11. The van der Waals surface area contributed by atoms with E-state index in [9.17, 15) is 4.79 Å². The summed E-state index contributed by atoms with van der Waals surface area (Å²) in [6, 6.07) is 8.58. The van der Waals surface area contributed by atoms with Gasteiger partial charge in [0.05, 0.1) is 23.8 Å². The van der Waals surface area contributed by atoms with Gasteiger partial charge in [0.2, 0.25) is 0 Å². The normalized spacial score (nSPS) is 11.0. The number of rotatable bonds is 6. The lowest BCUT2D eigenvalue weighted by Crippen LogP contribution is -2.17. The SMILES string of the molecule is COc1cc(C(=O)NN=Cc2ccc(Cl)s2)ccc1OC(C)C. The van der Waals surface area contributed by atoms with Crippen LogP contribution in [0.25, 0.3) is 0 Å². The first kappa shape index (κ1) is 17.3. The first-order chi connectivity index (χ1) is 11.0. The predicted octanol–water partition coefficient (Wildman–Crippen LogP) is 3.96. The molecule has 0 aliphatic rings. The Hall–Kier alpha value is -2.05. The van der Waals surface area contributed by atoms with Crippen LogP contribution in [0.4, 0.5) is 0 Å². The van der Waals surface area contributed by atoms with Gasteiger partial charge >= 0.3 is 0 Å². The Bertz CT molecular complexity index is 713. The summed E-state index contributed by atoms with van der Waals surface area (Å²) < 4.78 is 11.5. The van der Waals surface area contributed by atoms with E-state index < -0.39 is 0 Å². The van der Waals surface area contributed by atoms with Gasteiger partial charge in [0, 0.05) is 10.4 Å². The molecule has 0 saturated heterocycles. The summed E-state index contributed by atoms with van der Waals surface area (Å²) in [7, 11) is 1.53. The molecule has 0 saturated carbocycles. The molecule has 5 nitrogen and oxygen atoms in total. The van der Waals surface area contributed by atoms with Crippen molar-refractivity contribution in [2.24, 2.45) is 5.10 Å². The number of ether oxygens (including phenoxy) is 2. The van der Waals surface area contributed by atoms with Crippen molar-refractivity contribution in [1.29, 1.82) is 0 Å². The van der Waals surface area contributed by atoms with Crippen molar-refractivity contribution >= 4 is 35.1 Å². The van der Waals surface area contributed by atoms with Crippen LogP contribution in [-0.2, 0) is 0 Å². The fraction of sp³-hybridized carbons (Fsp3) is 0.250. The second-order valence-electron chi connectivity index (χ2n) is 4.87. The van der Waals surface area contributed by atoms with Crippen molar-refractivity contribution < 1.29 is 14.3 Å². The Morgan fingerprint density at radius 1 is 1.30 bits per heavy atom. The summed E-state index contributed by atoms with van der Waals surface area (Å²) in [4.78, 5) is 13.0. The van der Waals surface area contributed by atoms with E-state index in [0.29, 0.717) is 21.4 Å². The maximum absolute atomic E-state index is 12.1. The molecule has 0 bridgehead atoms. The Balaban J connectivity index is 2.05. The highest BCUT2D eigenvalue weighted by molar-refractivity contribution is 7.17. The maximum atomic E-state index is 12.1. The zero-order chi connectivity index (χ0) is 16.8. The van der Waals surface area contributed by atoms with Crippen molar-refractivity contribution in [3.05, 3.63) is 45.1 Å². The van der Waals surface area contributed by atoms with Gasteiger partial charge in [-0.2, -0.15) is 5.10 Å². The average Bonchev–Trinajstić information content (AvgIpc) is 2.92. The summed E-state index contributed by atoms with van der Waals surface area (Å²) in [5.41, 5.74) is 2.90. The molecule has 1 N–H and O–H groups in total. The first-order valence-electron chi connectivity index (χ1n) is 6.93. The molecule has 0 aliphatic heterocycles. The molecule has 23 heavy (non-hydrogen) atoms. The van der Waals surface area contributed by atoms with E-state index in [2.05, 4.69) is 10.5 Å². The van der Waals surface area contributed by atoms with Crippen molar-refractivity contribution in [3.8, 4) is 11.5 Å². The molecule has 2 aromatic rings. The minimum atomic E-state index is -0.335. The third-order valence-electron chi connectivity index (χ3n) is 2.74. The van der Waals surface area contributed by atoms with Gasteiger partial charge < -0.3 is 9.47 Å². The number of hydrogen-bond donors (Lipinski definition) is 1. The number of methoxy groups -OCH3 is 1. The van der Waals surface area contributed by atoms with Gasteiger partial charge in [0.15, 0.2) is 11.5 Å². The standard InChI is InChI=1S/C16H17ClN2O3S/c1-10(2)22-13-6-4-11(8-14(13)21-3)16(20)19-18-9-12-5-7-15(17)23-12/h4-10H,1-3H3,(H,19,20). The Kier molecular flexibility index (Phi) is 6.01. The lowest BCUT2D eigenvalue weighted by molar-refractivity contribution is 0.0954. The Morgan fingerprint density at radius 2 is 2.09 bits per heavy atom. The number of benzene rings is 1. The smallest absolute Gasteiger partial charge is 0.271 e. The molecule has 0 fully saturated rings. The fourth-order valence-corrected chi connectivity index (χ4v) is 2.71. The highest BCUT2D eigenvalue weighted by atomic mass is 35.5. The second kappa shape index (κ2) is 7.99. The van der Waals surface area contributed by atoms with Gasteiger partial charge in [-0.15, -0.1) is 11.3 Å². The lowest BCUT2D eigenvalue weighted by atomic mass is 10.2. The number of nitrogens with one attached hydrogen (secondary N) is 1. The predicted molar refractivity (Wildman–Crippen MR) is 93.1 cm³/mol. The first-order valence-corrected chi connectivity index (χ1v) is 8.12. The molecular weight excluding hydrogens is 336 g/mol. The maximum Gasteiger partial charge on any atom is 0.271 e. The topological polar surface area (TPSA) is 59.9 Å². The van der Waals surface area contributed by atoms with E-state index >= 15 is 0 Å². The van der Waals surface area contributed by atoms with Crippen LogP contribution >= 0.6 is 22.9 Å². The summed E-state index contributed by atoms with van der Waals surface area (Å²) in [6.45, 7) is 3.84.